The van der Waals surface area contributed by atoms with Crippen molar-refractivity contribution < 1.29 is 9.53 Å². The Labute approximate surface area is 158 Å². The summed E-state index contributed by atoms with van der Waals surface area (Å²) in [4.78, 5) is 27.4. The van der Waals surface area contributed by atoms with Gasteiger partial charge in [0.25, 0.3) is 5.56 Å². The van der Waals surface area contributed by atoms with Gasteiger partial charge in [0.05, 0.1) is 13.5 Å². The number of benzene rings is 2. The van der Waals surface area contributed by atoms with Crippen molar-refractivity contribution in [3.05, 3.63) is 75.6 Å². The van der Waals surface area contributed by atoms with Crippen LogP contribution in [0.25, 0.3) is 10.9 Å². The molecule has 27 heavy (non-hydrogen) atoms. The van der Waals surface area contributed by atoms with Crippen LogP contribution in [-0.2, 0) is 17.8 Å². The second-order valence-corrected chi connectivity index (χ2v) is 6.93. The van der Waals surface area contributed by atoms with Crippen molar-refractivity contribution in [1.82, 2.24) is 10.3 Å². The van der Waals surface area contributed by atoms with Crippen molar-refractivity contribution in [3.8, 4) is 5.75 Å². The number of fused-ring (bicyclic) bond motifs is 1. The van der Waals surface area contributed by atoms with Gasteiger partial charge in [-0.05, 0) is 52.8 Å². The number of methoxy groups -OCH3 is 1. The molecule has 0 unspecified atom stereocenters. The number of H-pyrrole nitrogens is 1. The van der Waals surface area contributed by atoms with Crippen molar-refractivity contribution >= 4 is 16.8 Å². The fraction of sp³-hybridized carbons (Fsp3) is 0.273. The summed E-state index contributed by atoms with van der Waals surface area (Å²) in [6, 6.07) is 15.2. The molecule has 3 rings (SSSR count). The lowest BCUT2D eigenvalue weighted by Gasteiger charge is -2.09. The SMILES string of the molecule is COc1ccc(CC(=O)NCc2cc3cc(C(C)C)ccc3[nH]c2=O)cc1. The van der Waals surface area contributed by atoms with E-state index in [2.05, 4.69) is 30.2 Å². The van der Waals surface area contributed by atoms with Gasteiger partial charge < -0.3 is 15.0 Å². The van der Waals surface area contributed by atoms with E-state index in [0.717, 1.165) is 22.2 Å². The van der Waals surface area contributed by atoms with Gasteiger partial charge in [-0.3, -0.25) is 9.59 Å². The number of hydrogen-bond acceptors (Lipinski definition) is 3. The van der Waals surface area contributed by atoms with Crippen molar-refractivity contribution in [2.45, 2.75) is 32.7 Å². The zero-order chi connectivity index (χ0) is 19.4. The average molecular weight is 364 g/mol. The van der Waals surface area contributed by atoms with Gasteiger partial charge in [-0.25, -0.2) is 0 Å². The molecule has 0 radical (unpaired) electrons. The van der Waals surface area contributed by atoms with E-state index in [1.54, 1.807) is 7.11 Å². The number of nitrogens with one attached hydrogen (secondary N) is 2. The molecule has 0 aliphatic heterocycles. The number of pyridine rings is 1. The topological polar surface area (TPSA) is 71.2 Å². The first-order valence-corrected chi connectivity index (χ1v) is 9.01. The molecule has 140 valence electrons. The van der Waals surface area contributed by atoms with Crippen LogP contribution in [0.3, 0.4) is 0 Å². The van der Waals surface area contributed by atoms with Crippen LogP contribution in [0.1, 0.15) is 36.5 Å². The molecular formula is C22H24N2O3. The van der Waals surface area contributed by atoms with Crippen molar-refractivity contribution in [3.63, 3.8) is 0 Å². The maximum absolute atomic E-state index is 12.3. The predicted octanol–water partition coefficient (Wildman–Crippen LogP) is 3.52. The van der Waals surface area contributed by atoms with Gasteiger partial charge in [-0.2, -0.15) is 0 Å². The molecule has 1 heterocycles. The van der Waals surface area contributed by atoms with Crippen molar-refractivity contribution in [2.24, 2.45) is 0 Å². The molecule has 0 fully saturated rings. The summed E-state index contributed by atoms with van der Waals surface area (Å²) < 4.78 is 5.11. The summed E-state index contributed by atoms with van der Waals surface area (Å²) in [7, 11) is 1.60. The Hall–Kier alpha value is -3.08. The summed E-state index contributed by atoms with van der Waals surface area (Å²) in [5.74, 6) is 1.03. The second-order valence-electron chi connectivity index (χ2n) is 6.93. The van der Waals surface area contributed by atoms with E-state index in [-0.39, 0.29) is 24.4 Å². The van der Waals surface area contributed by atoms with Gasteiger partial charge in [0.2, 0.25) is 5.91 Å². The van der Waals surface area contributed by atoms with Crippen LogP contribution in [0.2, 0.25) is 0 Å². The second kappa shape index (κ2) is 8.08. The molecule has 0 aliphatic carbocycles. The number of hydrogen-bond donors (Lipinski definition) is 2. The number of aromatic amines is 1. The molecule has 0 atom stereocenters. The minimum atomic E-state index is -0.176. The molecule has 1 amide bonds. The quantitative estimate of drug-likeness (QED) is 0.703. The lowest BCUT2D eigenvalue weighted by Crippen LogP contribution is -2.28. The molecule has 1 aromatic heterocycles. The third kappa shape index (κ3) is 4.56. The van der Waals surface area contributed by atoms with Gasteiger partial charge in [0.15, 0.2) is 0 Å². The smallest absolute Gasteiger partial charge is 0.253 e. The van der Waals surface area contributed by atoms with E-state index >= 15 is 0 Å². The fourth-order valence-electron chi connectivity index (χ4n) is 2.95. The highest BCUT2D eigenvalue weighted by atomic mass is 16.5. The van der Waals surface area contributed by atoms with Crippen LogP contribution < -0.4 is 15.6 Å². The van der Waals surface area contributed by atoms with Crippen molar-refractivity contribution in [2.75, 3.05) is 7.11 Å². The number of amides is 1. The Morgan fingerprint density at radius 1 is 1.11 bits per heavy atom. The lowest BCUT2D eigenvalue weighted by atomic mass is 10.0. The Morgan fingerprint density at radius 3 is 2.52 bits per heavy atom. The van der Waals surface area contributed by atoms with Gasteiger partial charge >= 0.3 is 0 Å². The zero-order valence-electron chi connectivity index (χ0n) is 15.8. The highest BCUT2D eigenvalue weighted by molar-refractivity contribution is 5.81. The normalized spacial score (nSPS) is 11.0. The summed E-state index contributed by atoms with van der Waals surface area (Å²) in [5, 5.41) is 3.80. The van der Waals surface area contributed by atoms with Crippen LogP contribution >= 0.6 is 0 Å². The number of rotatable bonds is 6. The molecule has 3 aromatic rings. The van der Waals surface area contributed by atoms with Gasteiger partial charge in [0.1, 0.15) is 5.75 Å². The minimum Gasteiger partial charge on any atom is -0.497 e. The molecule has 0 spiro atoms. The standard InChI is InChI=1S/C22H24N2O3/c1-14(2)16-6-9-20-17(11-16)12-18(22(26)24-20)13-23-21(25)10-15-4-7-19(27-3)8-5-15/h4-9,11-12,14H,10,13H2,1-3H3,(H,23,25)(H,24,26). The molecule has 2 N–H and O–H groups in total. The number of ether oxygens (including phenoxy) is 1. The molecule has 0 saturated carbocycles. The fourth-order valence-corrected chi connectivity index (χ4v) is 2.95. The number of carbonyl (C=O) groups excluding carboxylic acids is 1. The van der Waals surface area contributed by atoms with Gasteiger partial charge in [-0.1, -0.05) is 32.0 Å². The van der Waals surface area contributed by atoms with Crippen LogP contribution in [0.4, 0.5) is 0 Å². The van der Waals surface area contributed by atoms with E-state index in [0.29, 0.717) is 11.5 Å². The highest BCUT2D eigenvalue weighted by Gasteiger charge is 2.08. The van der Waals surface area contributed by atoms with Gasteiger partial charge in [-0.15, -0.1) is 0 Å². The molecule has 0 saturated heterocycles. The summed E-state index contributed by atoms with van der Waals surface area (Å²) in [6.07, 6.45) is 0.257. The van der Waals surface area contributed by atoms with E-state index in [9.17, 15) is 9.59 Å². The lowest BCUT2D eigenvalue weighted by molar-refractivity contribution is -0.120. The maximum atomic E-state index is 12.3. The first-order chi connectivity index (χ1) is 13.0. The first kappa shape index (κ1) is 18.7. The Balaban J connectivity index is 1.70. The summed E-state index contributed by atoms with van der Waals surface area (Å²) >= 11 is 0. The molecular weight excluding hydrogens is 340 g/mol. The average Bonchev–Trinajstić information content (AvgIpc) is 2.66. The Bertz CT molecular complexity index is 1000. The third-order valence-electron chi connectivity index (χ3n) is 4.61. The van der Waals surface area contributed by atoms with E-state index < -0.39 is 0 Å². The van der Waals surface area contributed by atoms with Crippen molar-refractivity contribution in [1.29, 1.82) is 0 Å². The molecule has 0 bridgehead atoms. The number of aromatic nitrogens is 1. The summed E-state index contributed by atoms with van der Waals surface area (Å²) in [5.41, 5.74) is 3.28. The Kier molecular flexibility index (Phi) is 5.60. The van der Waals surface area contributed by atoms with E-state index in [1.807, 2.05) is 42.5 Å². The third-order valence-corrected chi connectivity index (χ3v) is 4.61. The maximum Gasteiger partial charge on any atom is 0.253 e. The van der Waals surface area contributed by atoms with E-state index in [4.69, 9.17) is 4.74 Å². The largest absolute Gasteiger partial charge is 0.497 e. The van der Waals surface area contributed by atoms with Crippen LogP contribution in [-0.4, -0.2) is 18.0 Å². The highest BCUT2D eigenvalue weighted by Crippen LogP contribution is 2.20. The molecule has 2 aromatic carbocycles. The number of carbonyl (C=O) groups is 1. The minimum absolute atomic E-state index is 0.129. The molecule has 5 nitrogen and oxygen atoms in total. The zero-order valence-corrected chi connectivity index (χ0v) is 15.8. The molecule has 5 heteroatoms. The van der Waals surface area contributed by atoms with Gasteiger partial charge in [0, 0.05) is 17.6 Å². The summed E-state index contributed by atoms with van der Waals surface area (Å²) in [6.45, 7) is 4.46. The van der Waals surface area contributed by atoms with E-state index in [1.165, 1.54) is 5.56 Å². The first-order valence-electron chi connectivity index (χ1n) is 9.01. The van der Waals surface area contributed by atoms with Crippen LogP contribution in [0.5, 0.6) is 5.75 Å². The monoisotopic (exact) mass is 364 g/mol. The van der Waals surface area contributed by atoms with Crippen LogP contribution in [0, 0.1) is 0 Å². The molecule has 0 aliphatic rings. The Morgan fingerprint density at radius 2 is 1.85 bits per heavy atom. The van der Waals surface area contributed by atoms with Crippen LogP contribution in [0.15, 0.2) is 53.3 Å². The predicted molar refractivity (Wildman–Crippen MR) is 107 cm³/mol.